The average Bonchev–Trinajstić information content (AvgIpc) is 3.69. The summed E-state index contributed by atoms with van der Waals surface area (Å²) >= 11 is 0. The van der Waals surface area contributed by atoms with Gasteiger partial charge in [-0.1, -0.05) is 6.07 Å². The molecule has 1 aliphatic heterocycles. The molecule has 2 aromatic heterocycles. The molecule has 3 heterocycles. The van der Waals surface area contributed by atoms with Gasteiger partial charge in [-0.15, -0.1) is 10.2 Å². The number of methoxy groups -OCH3 is 1. The molecule has 3 aromatic carbocycles. The van der Waals surface area contributed by atoms with Crippen LogP contribution in [0.3, 0.4) is 0 Å². The topological polar surface area (TPSA) is 85.2 Å². The van der Waals surface area contributed by atoms with E-state index in [0.29, 0.717) is 58.9 Å². The molecule has 10 heteroatoms. The predicted molar refractivity (Wildman–Crippen MR) is 156 cm³/mol. The summed E-state index contributed by atoms with van der Waals surface area (Å²) in [5.41, 5.74) is 4.80. The van der Waals surface area contributed by atoms with Gasteiger partial charge in [0.2, 0.25) is 0 Å². The van der Waals surface area contributed by atoms with Gasteiger partial charge in [-0.3, -0.25) is 9.69 Å². The Morgan fingerprint density at radius 1 is 1.02 bits per heavy atom. The summed E-state index contributed by atoms with van der Waals surface area (Å²) in [6, 6.07) is 15.1. The van der Waals surface area contributed by atoms with E-state index in [9.17, 15) is 9.18 Å². The molecular formula is C32H28F2N6O2. The van der Waals surface area contributed by atoms with Gasteiger partial charge >= 0.3 is 0 Å². The molecule has 212 valence electrons. The fourth-order valence-electron chi connectivity index (χ4n) is 5.69. The van der Waals surface area contributed by atoms with Gasteiger partial charge in [0, 0.05) is 55.2 Å². The van der Waals surface area contributed by atoms with Gasteiger partial charge in [0.15, 0.2) is 5.82 Å². The molecule has 7 rings (SSSR count). The zero-order chi connectivity index (χ0) is 29.0. The maximum atomic E-state index is 15.1. The van der Waals surface area contributed by atoms with Gasteiger partial charge in [0.1, 0.15) is 23.8 Å². The van der Waals surface area contributed by atoms with Gasteiger partial charge in [-0.2, -0.15) is 0 Å². The van der Waals surface area contributed by atoms with Gasteiger partial charge in [0.25, 0.3) is 5.91 Å². The molecule has 0 spiro atoms. The molecule has 0 unspecified atom stereocenters. The highest BCUT2D eigenvalue weighted by atomic mass is 19.1. The molecule has 2 aliphatic rings. The van der Waals surface area contributed by atoms with Crippen molar-refractivity contribution in [2.75, 3.05) is 25.2 Å². The van der Waals surface area contributed by atoms with Crippen molar-refractivity contribution in [1.29, 1.82) is 0 Å². The first-order chi connectivity index (χ1) is 20.4. The lowest BCUT2D eigenvalue weighted by atomic mass is 9.98. The Morgan fingerprint density at radius 3 is 2.64 bits per heavy atom. The number of halogens is 2. The lowest BCUT2D eigenvalue weighted by Gasteiger charge is -2.20. The van der Waals surface area contributed by atoms with Gasteiger partial charge in [-0.05, 0) is 78.1 Å². The molecule has 1 fully saturated rings. The van der Waals surface area contributed by atoms with E-state index in [1.165, 1.54) is 18.2 Å². The standard InChI is InChI=1S/C32H28F2N6O2/c1-39-17-36-38-31(39)23-15-21(33)5-6-22(23)20-13-27(19-3-4-19)37-29(14-20)40-28-8-7-26(34)24-11-18(16-35-9-10-42-2)12-25(30(24)28)32(40)41/h5-8,11-15,17,19,35H,3-4,9-10,16H2,1-2H3. The first-order valence-electron chi connectivity index (χ1n) is 13.9. The first-order valence-corrected chi connectivity index (χ1v) is 13.9. The number of aromatic nitrogens is 4. The van der Waals surface area contributed by atoms with E-state index in [2.05, 4.69) is 15.5 Å². The van der Waals surface area contributed by atoms with Crippen LogP contribution in [0, 0.1) is 11.6 Å². The zero-order valence-electron chi connectivity index (χ0n) is 23.2. The number of nitrogens with zero attached hydrogens (tertiary/aromatic N) is 5. The third-order valence-electron chi connectivity index (χ3n) is 7.89. The monoisotopic (exact) mass is 566 g/mol. The molecule has 5 aromatic rings. The maximum Gasteiger partial charge on any atom is 0.264 e. The molecule has 1 aliphatic carbocycles. The highest BCUT2D eigenvalue weighted by molar-refractivity contribution is 6.27. The second-order valence-electron chi connectivity index (χ2n) is 10.8. The van der Waals surface area contributed by atoms with E-state index in [-0.39, 0.29) is 23.5 Å². The van der Waals surface area contributed by atoms with Crippen LogP contribution in [0.1, 0.15) is 40.4 Å². The second kappa shape index (κ2) is 10.4. The Hall–Kier alpha value is -4.54. The number of hydrogen-bond acceptors (Lipinski definition) is 6. The molecule has 1 amide bonds. The van der Waals surface area contributed by atoms with E-state index in [0.717, 1.165) is 35.2 Å². The van der Waals surface area contributed by atoms with Crippen molar-refractivity contribution in [2.45, 2.75) is 25.3 Å². The van der Waals surface area contributed by atoms with Crippen LogP contribution in [0.15, 0.2) is 60.9 Å². The van der Waals surface area contributed by atoms with E-state index in [1.54, 1.807) is 48.2 Å². The number of rotatable bonds is 9. The first kappa shape index (κ1) is 26.4. The predicted octanol–water partition coefficient (Wildman–Crippen LogP) is 5.88. The number of amides is 1. The quantitative estimate of drug-likeness (QED) is 0.224. The lowest BCUT2D eigenvalue weighted by molar-refractivity contribution is 0.100. The molecular weight excluding hydrogens is 538 g/mol. The average molecular weight is 567 g/mol. The van der Waals surface area contributed by atoms with Crippen LogP contribution in [0.25, 0.3) is 33.3 Å². The van der Waals surface area contributed by atoms with Gasteiger partial charge in [-0.25, -0.2) is 13.8 Å². The number of nitrogens with one attached hydrogen (secondary N) is 1. The molecule has 0 bridgehead atoms. The number of benzene rings is 3. The summed E-state index contributed by atoms with van der Waals surface area (Å²) in [6.07, 6.45) is 3.58. The van der Waals surface area contributed by atoms with Crippen LogP contribution in [0.5, 0.6) is 0 Å². The summed E-state index contributed by atoms with van der Waals surface area (Å²) in [7, 11) is 3.44. The number of pyridine rings is 1. The van der Waals surface area contributed by atoms with Crippen LogP contribution in [0.2, 0.25) is 0 Å². The summed E-state index contributed by atoms with van der Waals surface area (Å²) < 4.78 is 36.4. The lowest BCUT2D eigenvalue weighted by Crippen LogP contribution is -2.23. The summed E-state index contributed by atoms with van der Waals surface area (Å²) in [5, 5.41) is 12.4. The minimum Gasteiger partial charge on any atom is -0.383 e. The normalized spacial score (nSPS) is 14.4. The zero-order valence-corrected chi connectivity index (χ0v) is 23.2. The highest BCUT2D eigenvalue weighted by Crippen LogP contribution is 2.46. The number of carbonyl (C=O) groups excluding carboxylic acids is 1. The van der Waals surface area contributed by atoms with E-state index >= 15 is 4.39 Å². The maximum absolute atomic E-state index is 15.1. The second-order valence-corrected chi connectivity index (χ2v) is 10.8. The van der Waals surface area contributed by atoms with Crippen LogP contribution >= 0.6 is 0 Å². The fraction of sp³-hybridized carbons (Fsp3) is 0.250. The molecule has 1 saturated carbocycles. The summed E-state index contributed by atoms with van der Waals surface area (Å²) in [4.78, 5) is 20.6. The molecule has 0 saturated heterocycles. The van der Waals surface area contributed by atoms with Crippen molar-refractivity contribution in [3.8, 4) is 22.5 Å². The summed E-state index contributed by atoms with van der Waals surface area (Å²) in [6.45, 7) is 1.65. The van der Waals surface area contributed by atoms with Crippen LogP contribution in [0.4, 0.5) is 20.3 Å². The Labute approximate surface area is 241 Å². The Balaban J connectivity index is 1.35. The minimum absolute atomic E-state index is 0.265. The van der Waals surface area contributed by atoms with Crippen LogP contribution < -0.4 is 10.2 Å². The van der Waals surface area contributed by atoms with Crippen LogP contribution in [-0.4, -0.2) is 45.9 Å². The Morgan fingerprint density at radius 2 is 1.88 bits per heavy atom. The van der Waals surface area contributed by atoms with E-state index in [1.807, 2.05) is 18.2 Å². The molecule has 42 heavy (non-hydrogen) atoms. The number of aryl methyl sites for hydroxylation is 1. The molecule has 0 atom stereocenters. The Kier molecular flexibility index (Phi) is 6.52. The van der Waals surface area contributed by atoms with Crippen molar-refractivity contribution in [2.24, 2.45) is 7.05 Å². The largest absolute Gasteiger partial charge is 0.383 e. The van der Waals surface area contributed by atoms with Crippen LogP contribution in [-0.2, 0) is 18.3 Å². The number of ether oxygens (including phenoxy) is 1. The molecule has 8 nitrogen and oxygen atoms in total. The van der Waals surface area contributed by atoms with Crippen molar-refractivity contribution < 1.29 is 18.3 Å². The Bertz CT molecular complexity index is 1870. The van der Waals surface area contributed by atoms with Crippen molar-refractivity contribution in [1.82, 2.24) is 25.1 Å². The smallest absolute Gasteiger partial charge is 0.264 e. The third kappa shape index (κ3) is 4.53. The number of hydrogen-bond donors (Lipinski definition) is 1. The van der Waals surface area contributed by atoms with Crippen molar-refractivity contribution in [3.05, 3.63) is 89.4 Å². The number of anilines is 2. The summed E-state index contributed by atoms with van der Waals surface area (Å²) in [5.74, 6) is 0.200. The van der Waals surface area contributed by atoms with Gasteiger partial charge < -0.3 is 14.6 Å². The van der Waals surface area contributed by atoms with E-state index < -0.39 is 0 Å². The van der Waals surface area contributed by atoms with Gasteiger partial charge in [0.05, 0.1) is 17.9 Å². The SMILES string of the molecule is COCCNCc1cc2c3c(ccc(F)c3c1)N(c1cc(-c3ccc(F)cc3-c3nncn3C)cc(C3CC3)n1)C2=O. The fourth-order valence-corrected chi connectivity index (χ4v) is 5.69. The molecule has 0 radical (unpaired) electrons. The minimum atomic E-state index is -0.389. The van der Waals surface area contributed by atoms with E-state index in [4.69, 9.17) is 9.72 Å². The van der Waals surface area contributed by atoms with Crippen molar-refractivity contribution >= 4 is 28.2 Å². The number of carbonyl (C=O) groups is 1. The third-order valence-corrected chi connectivity index (χ3v) is 7.89. The molecule has 1 N–H and O–H groups in total. The van der Waals surface area contributed by atoms with Crippen molar-refractivity contribution in [3.63, 3.8) is 0 Å². The highest BCUT2D eigenvalue weighted by Gasteiger charge is 2.35.